The first kappa shape index (κ1) is 10.6. The molecular formula is C10H12O2. The van der Waals surface area contributed by atoms with Gasteiger partial charge in [-0.3, -0.25) is 9.59 Å². The maximum absolute atomic E-state index is 10.2. The number of benzene rings is 1. The minimum Gasteiger partial charge on any atom is -0.298 e. The number of carbonyl (C=O) groups excluding carboxylic acids is 2. The van der Waals surface area contributed by atoms with Gasteiger partial charge in [0.25, 0.3) is 0 Å². The first-order chi connectivity index (χ1) is 5.88. The van der Waals surface area contributed by atoms with E-state index in [4.69, 9.17) is 0 Å². The predicted molar refractivity (Wildman–Crippen MR) is 48.6 cm³/mol. The lowest BCUT2D eigenvalue weighted by molar-refractivity contribution is 0.109. The van der Waals surface area contributed by atoms with Gasteiger partial charge in [0.15, 0.2) is 12.6 Å². The molecule has 0 aromatic heterocycles. The molecule has 0 radical (unpaired) electrons. The van der Waals surface area contributed by atoms with E-state index in [9.17, 15) is 9.59 Å². The third kappa shape index (κ3) is 2.66. The molecule has 2 nitrogen and oxygen atoms in total. The molecule has 0 bridgehead atoms. The summed E-state index contributed by atoms with van der Waals surface area (Å²) in [5.74, 6) is 0. The number of hydrogen-bond acceptors (Lipinski definition) is 2. The Morgan fingerprint density at radius 3 is 1.50 bits per heavy atom. The van der Waals surface area contributed by atoms with Gasteiger partial charge in [0.05, 0.1) is 0 Å². The highest BCUT2D eigenvalue weighted by Crippen LogP contribution is 2.01. The van der Waals surface area contributed by atoms with Crippen LogP contribution in [0.3, 0.4) is 0 Å². The second-order valence-electron chi connectivity index (χ2n) is 1.86. The smallest absolute Gasteiger partial charge is 0.150 e. The molecule has 0 N–H and O–H groups in total. The minimum absolute atomic E-state index is 0.442. The van der Waals surface area contributed by atoms with Crippen LogP contribution >= 0.6 is 0 Å². The molecule has 1 aromatic carbocycles. The van der Waals surface area contributed by atoms with Gasteiger partial charge < -0.3 is 0 Å². The van der Waals surface area contributed by atoms with Crippen LogP contribution in [0.1, 0.15) is 34.6 Å². The molecular weight excluding hydrogens is 152 g/mol. The lowest BCUT2D eigenvalue weighted by Gasteiger charge is -1.91. The maximum Gasteiger partial charge on any atom is 0.150 e. The van der Waals surface area contributed by atoms with Crippen LogP contribution < -0.4 is 0 Å². The third-order valence-electron chi connectivity index (χ3n) is 1.25. The largest absolute Gasteiger partial charge is 0.298 e. The van der Waals surface area contributed by atoms with Crippen LogP contribution in [0.5, 0.6) is 0 Å². The van der Waals surface area contributed by atoms with Crippen LogP contribution in [0.25, 0.3) is 0 Å². The lowest BCUT2D eigenvalue weighted by atomic mass is 10.1. The van der Waals surface area contributed by atoms with Crippen molar-refractivity contribution in [2.24, 2.45) is 0 Å². The van der Waals surface area contributed by atoms with Gasteiger partial charge in [-0.25, -0.2) is 0 Å². The van der Waals surface area contributed by atoms with Crippen molar-refractivity contribution >= 4 is 12.6 Å². The van der Waals surface area contributed by atoms with Gasteiger partial charge in [-0.05, 0) is 0 Å². The predicted octanol–water partition coefficient (Wildman–Crippen LogP) is 2.34. The fourth-order valence-corrected chi connectivity index (χ4v) is 0.726. The Balaban J connectivity index is 0.000000561. The highest BCUT2D eigenvalue weighted by molar-refractivity contribution is 5.89. The van der Waals surface area contributed by atoms with Crippen molar-refractivity contribution in [2.45, 2.75) is 13.8 Å². The molecule has 0 fully saturated rings. The topological polar surface area (TPSA) is 34.1 Å². The average molecular weight is 164 g/mol. The van der Waals surface area contributed by atoms with Gasteiger partial charge >= 0.3 is 0 Å². The van der Waals surface area contributed by atoms with Crippen molar-refractivity contribution in [3.8, 4) is 0 Å². The first-order valence-electron chi connectivity index (χ1n) is 3.88. The zero-order valence-corrected chi connectivity index (χ0v) is 7.28. The van der Waals surface area contributed by atoms with Crippen LogP contribution in [-0.4, -0.2) is 12.6 Å². The van der Waals surface area contributed by atoms with Gasteiger partial charge in [-0.15, -0.1) is 0 Å². The summed E-state index contributed by atoms with van der Waals surface area (Å²) in [6.07, 6.45) is 1.34. The van der Waals surface area contributed by atoms with E-state index in [-0.39, 0.29) is 0 Å². The molecule has 1 rings (SSSR count). The molecule has 0 unspecified atom stereocenters. The van der Waals surface area contributed by atoms with Crippen LogP contribution in [0.4, 0.5) is 0 Å². The SMILES string of the molecule is CC.O=Cc1ccccc1C=O. The third-order valence-corrected chi connectivity index (χ3v) is 1.25. The van der Waals surface area contributed by atoms with E-state index in [1.165, 1.54) is 0 Å². The number of hydrogen-bond donors (Lipinski definition) is 0. The normalized spacial score (nSPS) is 7.83. The van der Waals surface area contributed by atoms with E-state index in [0.29, 0.717) is 23.7 Å². The highest BCUT2D eigenvalue weighted by atomic mass is 16.1. The molecule has 0 aliphatic rings. The molecule has 0 saturated carbocycles. The number of aldehydes is 2. The van der Waals surface area contributed by atoms with Gasteiger partial charge in [0.2, 0.25) is 0 Å². The van der Waals surface area contributed by atoms with Crippen molar-refractivity contribution < 1.29 is 9.59 Å². The van der Waals surface area contributed by atoms with E-state index in [1.54, 1.807) is 24.3 Å². The molecule has 2 heteroatoms. The Morgan fingerprint density at radius 2 is 1.25 bits per heavy atom. The second kappa shape index (κ2) is 6.28. The van der Waals surface area contributed by atoms with Crippen molar-refractivity contribution in [2.75, 3.05) is 0 Å². The second-order valence-corrected chi connectivity index (χ2v) is 1.86. The fourth-order valence-electron chi connectivity index (χ4n) is 0.726. The first-order valence-corrected chi connectivity index (χ1v) is 3.88. The molecule has 0 saturated heterocycles. The molecule has 0 amide bonds. The van der Waals surface area contributed by atoms with Crippen LogP contribution in [0.2, 0.25) is 0 Å². The molecule has 0 spiro atoms. The lowest BCUT2D eigenvalue weighted by Crippen LogP contribution is -1.87. The zero-order chi connectivity index (χ0) is 9.40. The summed E-state index contributed by atoms with van der Waals surface area (Å²) < 4.78 is 0. The van der Waals surface area contributed by atoms with Crippen LogP contribution in [0.15, 0.2) is 24.3 Å². The summed E-state index contributed by atoms with van der Waals surface area (Å²) >= 11 is 0. The van der Waals surface area contributed by atoms with Gasteiger partial charge in [-0.1, -0.05) is 38.1 Å². The number of rotatable bonds is 2. The van der Waals surface area contributed by atoms with Crippen molar-refractivity contribution in [3.63, 3.8) is 0 Å². The quantitative estimate of drug-likeness (QED) is 0.629. The minimum atomic E-state index is 0.442. The molecule has 12 heavy (non-hydrogen) atoms. The van der Waals surface area contributed by atoms with E-state index in [0.717, 1.165) is 0 Å². The van der Waals surface area contributed by atoms with Crippen molar-refractivity contribution in [3.05, 3.63) is 35.4 Å². The molecule has 0 aliphatic carbocycles. The van der Waals surface area contributed by atoms with E-state index in [2.05, 4.69) is 0 Å². The van der Waals surface area contributed by atoms with Gasteiger partial charge in [-0.2, -0.15) is 0 Å². The molecule has 0 aliphatic heterocycles. The maximum atomic E-state index is 10.2. The Kier molecular flexibility index (Phi) is 5.53. The standard InChI is InChI=1S/C8H6O2.C2H6/c9-5-7-3-1-2-4-8(7)6-10;1-2/h1-6H;1-2H3. The summed E-state index contributed by atoms with van der Waals surface area (Å²) in [7, 11) is 0. The summed E-state index contributed by atoms with van der Waals surface area (Å²) in [5.41, 5.74) is 0.884. The van der Waals surface area contributed by atoms with Crippen LogP contribution in [-0.2, 0) is 0 Å². The Hall–Kier alpha value is -1.44. The van der Waals surface area contributed by atoms with E-state index in [1.807, 2.05) is 13.8 Å². The Labute approximate surface area is 72.2 Å². The van der Waals surface area contributed by atoms with E-state index >= 15 is 0 Å². The van der Waals surface area contributed by atoms with Gasteiger partial charge in [0.1, 0.15) is 0 Å². The molecule has 0 atom stereocenters. The summed E-state index contributed by atoms with van der Waals surface area (Å²) in [5, 5.41) is 0. The van der Waals surface area contributed by atoms with Gasteiger partial charge in [0, 0.05) is 11.1 Å². The molecule has 1 aromatic rings. The Bertz CT molecular complexity index is 227. The fraction of sp³-hybridized carbons (Fsp3) is 0.200. The zero-order valence-electron chi connectivity index (χ0n) is 7.28. The Morgan fingerprint density at radius 1 is 0.917 bits per heavy atom. The summed E-state index contributed by atoms with van der Waals surface area (Å²) in [4.78, 5) is 20.5. The van der Waals surface area contributed by atoms with Crippen molar-refractivity contribution in [1.29, 1.82) is 0 Å². The highest BCUT2D eigenvalue weighted by Gasteiger charge is 1.95. The average Bonchev–Trinajstić information content (AvgIpc) is 2.20. The van der Waals surface area contributed by atoms with Crippen molar-refractivity contribution in [1.82, 2.24) is 0 Å². The summed E-state index contributed by atoms with van der Waals surface area (Å²) in [6, 6.07) is 6.65. The number of carbonyl (C=O) groups is 2. The monoisotopic (exact) mass is 164 g/mol. The van der Waals surface area contributed by atoms with Crippen LogP contribution in [0, 0.1) is 0 Å². The molecule has 0 heterocycles. The molecule has 64 valence electrons. The summed E-state index contributed by atoms with van der Waals surface area (Å²) in [6.45, 7) is 4.00. The van der Waals surface area contributed by atoms with E-state index < -0.39 is 0 Å².